The monoisotopic (exact) mass is 359 g/mol. The molecule has 1 aromatic heterocycles. The highest BCUT2D eigenvalue weighted by Crippen LogP contribution is 2.42. The number of amides is 2. The number of likely N-dealkylation sites (tertiary alicyclic amines) is 2. The van der Waals surface area contributed by atoms with Crippen molar-refractivity contribution in [3.63, 3.8) is 0 Å². The van der Waals surface area contributed by atoms with Gasteiger partial charge in [-0.2, -0.15) is 0 Å². The Morgan fingerprint density at radius 3 is 2.81 bits per heavy atom. The first-order valence-corrected chi connectivity index (χ1v) is 9.79. The Labute approximate surface area is 155 Å². The van der Waals surface area contributed by atoms with Gasteiger partial charge in [-0.1, -0.05) is 0 Å². The van der Waals surface area contributed by atoms with Crippen molar-refractivity contribution in [1.82, 2.24) is 14.7 Å². The Balaban J connectivity index is 1.38. The minimum absolute atomic E-state index is 0.118. The Hall–Kier alpha value is -1.82. The molecule has 1 aromatic rings. The summed E-state index contributed by atoms with van der Waals surface area (Å²) in [5.74, 6) is 2.18. The smallest absolute Gasteiger partial charge is 0.289 e. The third kappa shape index (κ3) is 3.39. The topological polar surface area (TPSA) is 57.0 Å². The van der Waals surface area contributed by atoms with Crippen LogP contribution in [-0.4, -0.2) is 66.8 Å². The van der Waals surface area contributed by atoms with Crippen LogP contribution >= 0.6 is 0 Å². The van der Waals surface area contributed by atoms with Gasteiger partial charge in [-0.3, -0.25) is 14.5 Å². The summed E-state index contributed by atoms with van der Waals surface area (Å²) < 4.78 is 5.73. The zero-order chi connectivity index (χ0) is 18.3. The van der Waals surface area contributed by atoms with Crippen molar-refractivity contribution in [2.45, 2.75) is 38.6 Å². The van der Waals surface area contributed by atoms with Gasteiger partial charge in [-0.15, -0.1) is 0 Å². The van der Waals surface area contributed by atoms with Crippen LogP contribution in [0.5, 0.6) is 0 Å². The van der Waals surface area contributed by atoms with Crippen molar-refractivity contribution in [2.75, 3.05) is 40.3 Å². The van der Waals surface area contributed by atoms with Crippen LogP contribution in [0.15, 0.2) is 16.5 Å². The van der Waals surface area contributed by atoms with Crippen molar-refractivity contribution >= 4 is 11.8 Å². The molecular weight excluding hydrogens is 330 g/mol. The van der Waals surface area contributed by atoms with Crippen molar-refractivity contribution in [3.05, 3.63) is 23.7 Å². The lowest BCUT2D eigenvalue weighted by Gasteiger charge is -2.39. The van der Waals surface area contributed by atoms with Crippen LogP contribution in [0.4, 0.5) is 0 Å². The van der Waals surface area contributed by atoms with Gasteiger partial charge < -0.3 is 14.2 Å². The van der Waals surface area contributed by atoms with E-state index in [2.05, 4.69) is 9.80 Å². The largest absolute Gasteiger partial charge is 0.455 e. The molecule has 1 spiro atoms. The molecule has 1 saturated carbocycles. The standard InChI is InChI=1S/C20H29N3O3/c1-21(2)18(24)17-7-6-16(26-17)13-22-11-9-20(14-22)8-3-10-23(19(20)25)12-15-4-5-15/h6-7,15H,3-5,8-14H2,1-2H3/t20-/m1/s1. The van der Waals surface area contributed by atoms with Crippen molar-refractivity contribution in [2.24, 2.45) is 11.3 Å². The van der Waals surface area contributed by atoms with E-state index in [1.165, 1.54) is 17.7 Å². The van der Waals surface area contributed by atoms with Crippen molar-refractivity contribution in [1.29, 1.82) is 0 Å². The minimum Gasteiger partial charge on any atom is -0.455 e. The lowest BCUT2D eigenvalue weighted by Crippen LogP contribution is -2.50. The van der Waals surface area contributed by atoms with Gasteiger partial charge in [0, 0.05) is 33.7 Å². The predicted octanol–water partition coefficient (Wildman–Crippen LogP) is 2.21. The summed E-state index contributed by atoms with van der Waals surface area (Å²) in [6.07, 6.45) is 5.64. The van der Waals surface area contributed by atoms with E-state index in [-0.39, 0.29) is 11.3 Å². The van der Waals surface area contributed by atoms with Gasteiger partial charge in [-0.25, -0.2) is 0 Å². The summed E-state index contributed by atoms with van der Waals surface area (Å²) in [6, 6.07) is 3.62. The number of nitrogens with zero attached hydrogens (tertiary/aromatic N) is 3. The molecule has 1 atom stereocenters. The second kappa shape index (κ2) is 6.72. The molecule has 26 heavy (non-hydrogen) atoms. The Morgan fingerprint density at radius 1 is 1.27 bits per heavy atom. The maximum absolute atomic E-state index is 13.1. The van der Waals surface area contributed by atoms with Crippen LogP contribution in [0.2, 0.25) is 0 Å². The van der Waals surface area contributed by atoms with Gasteiger partial charge in [0.15, 0.2) is 5.76 Å². The van der Waals surface area contributed by atoms with Crippen LogP contribution in [0.1, 0.15) is 48.4 Å². The van der Waals surface area contributed by atoms with Crippen LogP contribution < -0.4 is 0 Å². The first-order chi connectivity index (χ1) is 12.5. The lowest BCUT2D eigenvalue weighted by atomic mass is 9.78. The first-order valence-electron chi connectivity index (χ1n) is 9.79. The molecule has 2 aliphatic heterocycles. The highest BCUT2D eigenvalue weighted by atomic mass is 16.4. The predicted molar refractivity (Wildman–Crippen MR) is 97.6 cm³/mol. The average Bonchev–Trinajstić information content (AvgIpc) is 3.15. The molecule has 0 N–H and O–H groups in total. The third-order valence-corrected chi connectivity index (χ3v) is 6.09. The van der Waals surface area contributed by atoms with Gasteiger partial charge in [0.2, 0.25) is 5.91 Å². The number of carbonyl (C=O) groups is 2. The number of rotatable bonds is 5. The molecule has 6 nitrogen and oxygen atoms in total. The fourth-order valence-corrected chi connectivity index (χ4v) is 4.43. The van der Waals surface area contributed by atoms with Gasteiger partial charge in [-0.05, 0) is 56.7 Å². The average molecular weight is 359 g/mol. The van der Waals surface area contributed by atoms with E-state index in [1.54, 1.807) is 20.2 Å². The molecule has 0 bridgehead atoms. The number of hydrogen-bond donors (Lipinski definition) is 0. The van der Waals surface area contributed by atoms with Crippen molar-refractivity contribution in [3.8, 4) is 0 Å². The lowest BCUT2D eigenvalue weighted by molar-refractivity contribution is -0.146. The fraction of sp³-hybridized carbons (Fsp3) is 0.700. The number of piperidine rings is 1. The van der Waals surface area contributed by atoms with Gasteiger partial charge >= 0.3 is 0 Å². The second-order valence-electron chi connectivity index (χ2n) is 8.50. The summed E-state index contributed by atoms with van der Waals surface area (Å²) in [4.78, 5) is 31.0. The summed E-state index contributed by atoms with van der Waals surface area (Å²) in [7, 11) is 3.44. The molecule has 0 radical (unpaired) electrons. The SMILES string of the molecule is CN(C)C(=O)c1ccc(CN2CC[C@]3(CCCN(CC4CC4)C3=O)C2)o1. The fourth-order valence-electron chi connectivity index (χ4n) is 4.43. The maximum Gasteiger partial charge on any atom is 0.289 e. The highest BCUT2D eigenvalue weighted by molar-refractivity contribution is 5.91. The van der Waals surface area contributed by atoms with Crippen LogP contribution in [-0.2, 0) is 11.3 Å². The molecule has 142 valence electrons. The molecule has 1 aliphatic carbocycles. The number of furan rings is 1. The van der Waals surface area contributed by atoms with Crippen LogP contribution in [0.25, 0.3) is 0 Å². The summed E-state index contributed by atoms with van der Waals surface area (Å²) in [5.41, 5.74) is -0.192. The highest BCUT2D eigenvalue weighted by Gasteiger charge is 2.48. The molecule has 2 amide bonds. The van der Waals surface area contributed by atoms with Gasteiger partial charge in [0.05, 0.1) is 12.0 Å². The Bertz CT molecular complexity index is 694. The van der Waals surface area contributed by atoms with E-state index in [0.717, 1.165) is 57.1 Å². The van der Waals surface area contributed by atoms with E-state index in [1.807, 2.05) is 6.07 Å². The molecule has 6 heteroatoms. The zero-order valence-corrected chi connectivity index (χ0v) is 15.9. The van der Waals surface area contributed by atoms with E-state index < -0.39 is 0 Å². The van der Waals surface area contributed by atoms with E-state index in [9.17, 15) is 9.59 Å². The Kier molecular flexibility index (Phi) is 4.55. The summed E-state index contributed by atoms with van der Waals surface area (Å²) in [5, 5.41) is 0. The normalized spacial score (nSPS) is 26.7. The maximum atomic E-state index is 13.1. The van der Waals surface area contributed by atoms with Crippen LogP contribution in [0, 0.1) is 11.3 Å². The molecule has 3 aliphatic rings. The molecule has 0 aromatic carbocycles. The minimum atomic E-state index is -0.192. The summed E-state index contributed by atoms with van der Waals surface area (Å²) >= 11 is 0. The number of carbonyl (C=O) groups excluding carboxylic acids is 2. The molecule has 4 rings (SSSR count). The molecule has 0 unspecified atom stereocenters. The van der Waals surface area contributed by atoms with E-state index >= 15 is 0 Å². The Morgan fingerprint density at radius 2 is 2.08 bits per heavy atom. The molecule has 2 saturated heterocycles. The molecule has 3 fully saturated rings. The summed E-state index contributed by atoms with van der Waals surface area (Å²) in [6.45, 7) is 4.30. The van der Waals surface area contributed by atoms with E-state index in [0.29, 0.717) is 18.2 Å². The van der Waals surface area contributed by atoms with Gasteiger partial charge in [0.1, 0.15) is 5.76 Å². The van der Waals surface area contributed by atoms with Crippen LogP contribution in [0.3, 0.4) is 0 Å². The first kappa shape index (κ1) is 17.6. The van der Waals surface area contributed by atoms with E-state index in [4.69, 9.17) is 4.42 Å². The molecular formula is C20H29N3O3. The van der Waals surface area contributed by atoms with Crippen molar-refractivity contribution < 1.29 is 14.0 Å². The second-order valence-corrected chi connectivity index (χ2v) is 8.50. The third-order valence-electron chi connectivity index (χ3n) is 6.09. The quantitative estimate of drug-likeness (QED) is 0.809. The zero-order valence-electron chi connectivity index (χ0n) is 15.9. The number of hydrogen-bond acceptors (Lipinski definition) is 4. The molecule has 3 heterocycles. The van der Waals surface area contributed by atoms with Gasteiger partial charge in [0.25, 0.3) is 5.91 Å².